The highest BCUT2D eigenvalue weighted by Crippen LogP contribution is 2.42. The maximum atomic E-state index is 13.1. The molecule has 1 aromatic heterocycles. The zero-order valence-electron chi connectivity index (χ0n) is 19.4. The first kappa shape index (κ1) is 23.1. The van der Waals surface area contributed by atoms with E-state index in [1.807, 2.05) is 37.3 Å². The molecule has 2 aliphatic heterocycles. The number of nitrogens with zero attached hydrogens (tertiary/aromatic N) is 1. The minimum absolute atomic E-state index is 0.167. The number of allylic oxidation sites excluding steroid dienone is 1. The number of aryl methyl sites for hydroxylation is 1. The molecule has 3 heterocycles. The number of carbonyl (C=O) groups excluding carboxylic acids is 1. The maximum absolute atomic E-state index is 13.1. The third-order valence-corrected chi connectivity index (χ3v) is 5.77. The molecule has 2 aromatic carbocycles. The summed E-state index contributed by atoms with van der Waals surface area (Å²) in [6, 6.07) is 11.3. The molecule has 0 saturated carbocycles. The smallest absolute Gasteiger partial charge is 0.232 e. The van der Waals surface area contributed by atoms with Gasteiger partial charge in [-0.1, -0.05) is 24.6 Å². The molecule has 2 aliphatic rings. The Balaban J connectivity index is 0.000000601. The molecule has 0 amide bonds. The summed E-state index contributed by atoms with van der Waals surface area (Å²) in [7, 11) is 0. The van der Waals surface area contributed by atoms with Crippen LogP contribution in [-0.4, -0.2) is 40.1 Å². The Bertz CT molecular complexity index is 1150. The van der Waals surface area contributed by atoms with Gasteiger partial charge in [-0.05, 0) is 70.5 Å². The molecule has 0 aliphatic carbocycles. The SMILES string of the molecule is CC(C)O.Cc1cc(O)c(CN2CCCCC2)c2c1C(=O)/C(=C/c1cc3ccccc3o1)O2. The van der Waals surface area contributed by atoms with Crippen molar-refractivity contribution in [3.8, 4) is 11.5 Å². The number of aliphatic hydroxyl groups is 1. The van der Waals surface area contributed by atoms with Gasteiger partial charge in [0, 0.05) is 24.1 Å². The number of para-hydroxylation sites is 1. The third kappa shape index (κ3) is 5.13. The van der Waals surface area contributed by atoms with E-state index in [1.165, 1.54) is 6.42 Å². The minimum atomic E-state index is -0.169. The van der Waals surface area contributed by atoms with E-state index in [0.29, 0.717) is 29.2 Å². The monoisotopic (exact) mass is 449 g/mol. The second-order valence-corrected chi connectivity index (χ2v) is 8.95. The summed E-state index contributed by atoms with van der Waals surface area (Å²) >= 11 is 0. The van der Waals surface area contributed by atoms with Crippen LogP contribution in [0.1, 0.15) is 60.4 Å². The number of phenolic OH excluding ortho intramolecular Hbond substituents is 1. The molecule has 5 rings (SSSR count). The minimum Gasteiger partial charge on any atom is -0.507 e. The van der Waals surface area contributed by atoms with Gasteiger partial charge in [-0.2, -0.15) is 0 Å². The molecule has 0 spiro atoms. The molecule has 174 valence electrons. The zero-order valence-corrected chi connectivity index (χ0v) is 19.4. The third-order valence-electron chi connectivity index (χ3n) is 5.77. The number of ether oxygens (including phenoxy) is 1. The van der Waals surface area contributed by atoms with E-state index in [9.17, 15) is 9.90 Å². The molecule has 1 fully saturated rings. The molecule has 6 heteroatoms. The van der Waals surface area contributed by atoms with Gasteiger partial charge in [0.05, 0.1) is 11.1 Å². The van der Waals surface area contributed by atoms with Crippen molar-refractivity contribution < 1.29 is 24.2 Å². The van der Waals surface area contributed by atoms with Crippen molar-refractivity contribution in [3.05, 3.63) is 64.6 Å². The molecule has 33 heavy (non-hydrogen) atoms. The van der Waals surface area contributed by atoms with Crippen molar-refractivity contribution in [3.63, 3.8) is 0 Å². The van der Waals surface area contributed by atoms with Crippen LogP contribution >= 0.6 is 0 Å². The molecule has 6 nitrogen and oxygen atoms in total. The van der Waals surface area contributed by atoms with E-state index >= 15 is 0 Å². The summed E-state index contributed by atoms with van der Waals surface area (Å²) in [6.45, 7) is 7.85. The fourth-order valence-corrected chi connectivity index (χ4v) is 4.28. The van der Waals surface area contributed by atoms with Crippen LogP contribution in [0.5, 0.6) is 11.5 Å². The number of fused-ring (bicyclic) bond motifs is 2. The van der Waals surface area contributed by atoms with Crippen LogP contribution in [0.2, 0.25) is 0 Å². The van der Waals surface area contributed by atoms with Crippen LogP contribution in [0.25, 0.3) is 17.0 Å². The lowest BCUT2D eigenvalue weighted by Gasteiger charge is -2.27. The van der Waals surface area contributed by atoms with Crippen LogP contribution < -0.4 is 4.74 Å². The number of Topliss-reactive ketones (excluding diaryl/α,β-unsaturated/α-hetero) is 1. The van der Waals surface area contributed by atoms with Crippen molar-refractivity contribution in [1.82, 2.24) is 4.90 Å². The Morgan fingerprint density at radius 1 is 1.12 bits per heavy atom. The van der Waals surface area contributed by atoms with E-state index in [2.05, 4.69) is 4.90 Å². The molecule has 3 aromatic rings. The van der Waals surface area contributed by atoms with Crippen molar-refractivity contribution in [2.45, 2.75) is 52.7 Å². The van der Waals surface area contributed by atoms with Gasteiger partial charge >= 0.3 is 0 Å². The number of ketones is 1. The number of hydrogen-bond donors (Lipinski definition) is 2. The van der Waals surface area contributed by atoms with Gasteiger partial charge in [0.25, 0.3) is 0 Å². The summed E-state index contributed by atoms with van der Waals surface area (Å²) in [6.07, 6.45) is 5.04. The molecule has 0 unspecified atom stereocenters. The van der Waals surface area contributed by atoms with Gasteiger partial charge in [0.1, 0.15) is 22.8 Å². The summed E-state index contributed by atoms with van der Waals surface area (Å²) in [5, 5.41) is 19.6. The van der Waals surface area contributed by atoms with E-state index in [0.717, 1.165) is 42.5 Å². The Hall–Kier alpha value is -3.09. The quantitative estimate of drug-likeness (QED) is 0.519. The molecule has 2 N–H and O–H groups in total. The largest absolute Gasteiger partial charge is 0.507 e. The van der Waals surface area contributed by atoms with Crippen LogP contribution in [-0.2, 0) is 6.54 Å². The lowest BCUT2D eigenvalue weighted by atomic mass is 9.99. The Kier molecular flexibility index (Phi) is 6.86. The Morgan fingerprint density at radius 3 is 2.52 bits per heavy atom. The molecular weight excluding hydrogens is 418 g/mol. The van der Waals surface area contributed by atoms with Crippen LogP contribution in [0, 0.1) is 6.92 Å². The predicted molar refractivity (Wildman–Crippen MR) is 128 cm³/mol. The number of benzene rings is 2. The van der Waals surface area contributed by atoms with E-state index < -0.39 is 0 Å². The first-order valence-corrected chi connectivity index (χ1v) is 11.5. The van der Waals surface area contributed by atoms with Crippen LogP contribution in [0.15, 0.2) is 46.6 Å². The fourth-order valence-electron chi connectivity index (χ4n) is 4.28. The van der Waals surface area contributed by atoms with Gasteiger partial charge in [-0.25, -0.2) is 0 Å². The number of rotatable bonds is 3. The first-order valence-electron chi connectivity index (χ1n) is 11.5. The van der Waals surface area contributed by atoms with E-state index in [1.54, 1.807) is 26.0 Å². The van der Waals surface area contributed by atoms with Crippen LogP contribution in [0.4, 0.5) is 0 Å². The highest BCUT2D eigenvalue weighted by molar-refractivity contribution is 6.15. The molecule has 0 atom stereocenters. The Labute approximate surface area is 194 Å². The van der Waals surface area contributed by atoms with Gasteiger partial charge in [0.15, 0.2) is 5.76 Å². The maximum Gasteiger partial charge on any atom is 0.232 e. The number of aliphatic hydroxyl groups excluding tert-OH is 1. The number of hydrogen-bond acceptors (Lipinski definition) is 6. The summed E-state index contributed by atoms with van der Waals surface area (Å²) in [5.41, 5.74) is 2.71. The zero-order chi connectivity index (χ0) is 23.5. The predicted octanol–water partition coefficient (Wildman–Crippen LogP) is 5.44. The molecule has 0 radical (unpaired) electrons. The lowest BCUT2D eigenvalue weighted by Crippen LogP contribution is -2.29. The van der Waals surface area contributed by atoms with Crippen molar-refractivity contribution in [2.24, 2.45) is 0 Å². The lowest BCUT2D eigenvalue weighted by molar-refractivity contribution is 0.101. The molecule has 1 saturated heterocycles. The highest BCUT2D eigenvalue weighted by Gasteiger charge is 2.34. The van der Waals surface area contributed by atoms with Gasteiger partial charge in [-0.15, -0.1) is 0 Å². The van der Waals surface area contributed by atoms with Gasteiger partial charge in [-0.3, -0.25) is 9.69 Å². The van der Waals surface area contributed by atoms with E-state index in [-0.39, 0.29) is 23.4 Å². The topological polar surface area (TPSA) is 83.1 Å². The molecular formula is C27H31NO5. The van der Waals surface area contributed by atoms with Gasteiger partial charge < -0.3 is 19.4 Å². The summed E-state index contributed by atoms with van der Waals surface area (Å²) < 4.78 is 11.8. The Morgan fingerprint density at radius 2 is 1.82 bits per heavy atom. The number of phenols is 1. The highest BCUT2D eigenvalue weighted by atomic mass is 16.5. The van der Waals surface area contributed by atoms with Crippen LogP contribution in [0.3, 0.4) is 0 Å². The number of aromatic hydroxyl groups is 1. The molecule has 0 bridgehead atoms. The summed E-state index contributed by atoms with van der Waals surface area (Å²) in [4.78, 5) is 15.4. The second-order valence-electron chi connectivity index (χ2n) is 8.95. The van der Waals surface area contributed by atoms with Crippen molar-refractivity contribution in [2.75, 3.05) is 13.1 Å². The van der Waals surface area contributed by atoms with Crippen molar-refractivity contribution >= 4 is 22.8 Å². The second kappa shape index (κ2) is 9.81. The van der Waals surface area contributed by atoms with Crippen molar-refractivity contribution in [1.29, 1.82) is 0 Å². The number of carbonyl (C=O) groups is 1. The fraction of sp³-hybridized carbons (Fsp3) is 0.370. The standard InChI is InChI=1S/C24H23NO4.C3H8O/c1-15-11-19(26)18(14-25-9-5-2-6-10-25)24-22(15)23(27)21(29-24)13-17-12-16-7-3-4-8-20(16)28-17;1-3(2)4/h3-4,7-8,11-13,26H,2,5-6,9-10,14H2,1H3;3-4H,1-2H3/b21-13-;. The number of piperidine rings is 1. The first-order chi connectivity index (χ1) is 15.8. The summed E-state index contributed by atoms with van der Waals surface area (Å²) in [5.74, 6) is 1.30. The normalized spacial score (nSPS) is 17.2. The number of likely N-dealkylation sites (tertiary alicyclic amines) is 1. The number of furan rings is 1. The van der Waals surface area contributed by atoms with Gasteiger partial charge in [0.2, 0.25) is 5.78 Å². The average Bonchev–Trinajstić information content (AvgIpc) is 3.32. The van der Waals surface area contributed by atoms with E-state index in [4.69, 9.17) is 14.3 Å². The average molecular weight is 450 g/mol.